The summed E-state index contributed by atoms with van der Waals surface area (Å²) >= 11 is 0. The first-order chi connectivity index (χ1) is 9.81. The van der Waals surface area contributed by atoms with Crippen LogP contribution in [0.25, 0.3) is 16.8 Å². The summed E-state index contributed by atoms with van der Waals surface area (Å²) in [5.74, 6) is 0. The zero-order valence-corrected chi connectivity index (χ0v) is 12.6. The fraction of sp³-hybridized carbons (Fsp3) is 0.294. The van der Waals surface area contributed by atoms with Gasteiger partial charge in [0, 0.05) is 17.3 Å². The van der Waals surface area contributed by atoms with Crippen LogP contribution < -0.4 is 0 Å². The van der Waals surface area contributed by atoms with E-state index in [0.717, 1.165) is 17.8 Å². The Labute approximate surface area is 120 Å². The van der Waals surface area contributed by atoms with Crippen LogP contribution >= 0.6 is 0 Å². The number of aromatic nitrogens is 3. The van der Waals surface area contributed by atoms with E-state index in [1.54, 1.807) is 6.20 Å². The van der Waals surface area contributed by atoms with E-state index in [1.807, 2.05) is 30.5 Å². The average molecular weight is 267 g/mol. The second-order valence-corrected chi connectivity index (χ2v) is 4.34. The molecule has 3 heteroatoms. The molecular weight excluding hydrogens is 246 g/mol. The van der Waals surface area contributed by atoms with Gasteiger partial charge in [0.25, 0.3) is 0 Å². The quantitative estimate of drug-likeness (QED) is 0.693. The number of aryl methyl sites for hydroxylation is 2. The molecular formula is C17H21N3. The van der Waals surface area contributed by atoms with Gasteiger partial charge in [-0.15, -0.1) is 0 Å². The van der Waals surface area contributed by atoms with Crippen LogP contribution in [0.2, 0.25) is 0 Å². The Morgan fingerprint density at radius 2 is 1.75 bits per heavy atom. The molecule has 0 amide bonds. The Balaban J connectivity index is 0.000000704. The van der Waals surface area contributed by atoms with Crippen molar-refractivity contribution in [2.45, 2.75) is 34.1 Å². The van der Waals surface area contributed by atoms with Gasteiger partial charge in [-0.1, -0.05) is 51.1 Å². The van der Waals surface area contributed by atoms with Crippen molar-refractivity contribution < 1.29 is 0 Å². The zero-order chi connectivity index (χ0) is 14.5. The third-order valence-electron chi connectivity index (χ3n) is 3.21. The van der Waals surface area contributed by atoms with Gasteiger partial charge in [0.1, 0.15) is 0 Å². The lowest BCUT2D eigenvalue weighted by molar-refractivity contribution is 0.846. The first kappa shape index (κ1) is 14.3. The van der Waals surface area contributed by atoms with Gasteiger partial charge in [0.15, 0.2) is 5.65 Å². The van der Waals surface area contributed by atoms with Crippen LogP contribution in [0.15, 0.2) is 42.6 Å². The van der Waals surface area contributed by atoms with E-state index < -0.39 is 0 Å². The van der Waals surface area contributed by atoms with Crippen LogP contribution in [0.1, 0.15) is 32.2 Å². The Hall–Kier alpha value is -2.16. The fourth-order valence-electron chi connectivity index (χ4n) is 2.44. The number of nitrogens with zero attached hydrogens (tertiary/aromatic N) is 3. The second-order valence-electron chi connectivity index (χ2n) is 4.34. The highest BCUT2D eigenvalue weighted by atomic mass is 15.2. The molecule has 104 valence electrons. The van der Waals surface area contributed by atoms with Gasteiger partial charge in [-0.3, -0.25) is 0 Å². The molecule has 0 unspecified atom stereocenters. The van der Waals surface area contributed by atoms with Crippen molar-refractivity contribution >= 4 is 5.65 Å². The van der Waals surface area contributed by atoms with Crippen LogP contribution in [0.5, 0.6) is 0 Å². The molecule has 3 nitrogen and oxygen atoms in total. The molecule has 0 bridgehead atoms. The first-order valence-corrected chi connectivity index (χ1v) is 7.20. The topological polar surface area (TPSA) is 30.2 Å². The van der Waals surface area contributed by atoms with Crippen LogP contribution in [0.3, 0.4) is 0 Å². The molecule has 0 saturated carbocycles. The van der Waals surface area contributed by atoms with E-state index in [9.17, 15) is 0 Å². The maximum absolute atomic E-state index is 4.62. The van der Waals surface area contributed by atoms with Crippen LogP contribution in [-0.2, 0) is 6.42 Å². The molecule has 2 heterocycles. The van der Waals surface area contributed by atoms with Gasteiger partial charge >= 0.3 is 0 Å². The van der Waals surface area contributed by atoms with Crippen molar-refractivity contribution in [3.63, 3.8) is 0 Å². The molecule has 1 aromatic carbocycles. The average Bonchev–Trinajstić information content (AvgIpc) is 2.96. The lowest BCUT2D eigenvalue weighted by atomic mass is 10.0. The van der Waals surface area contributed by atoms with Gasteiger partial charge in [-0.2, -0.15) is 5.10 Å². The number of hydrogen-bond donors (Lipinski definition) is 0. The minimum Gasteiger partial charge on any atom is -0.233 e. The maximum atomic E-state index is 4.62. The van der Waals surface area contributed by atoms with Crippen molar-refractivity contribution in [2.75, 3.05) is 0 Å². The summed E-state index contributed by atoms with van der Waals surface area (Å²) in [7, 11) is 0. The fourth-order valence-corrected chi connectivity index (χ4v) is 2.44. The van der Waals surface area contributed by atoms with Gasteiger partial charge in [0.05, 0.1) is 11.9 Å². The summed E-state index contributed by atoms with van der Waals surface area (Å²) in [6.07, 6.45) is 2.74. The van der Waals surface area contributed by atoms with Crippen molar-refractivity contribution in [3.05, 3.63) is 54.0 Å². The highest BCUT2D eigenvalue weighted by Gasteiger charge is 2.13. The molecule has 20 heavy (non-hydrogen) atoms. The molecule has 0 atom stereocenters. The number of hydrogen-bond acceptors (Lipinski definition) is 2. The largest absolute Gasteiger partial charge is 0.233 e. The van der Waals surface area contributed by atoms with E-state index in [-0.39, 0.29) is 0 Å². The van der Waals surface area contributed by atoms with E-state index in [0.29, 0.717) is 0 Å². The van der Waals surface area contributed by atoms with E-state index >= 15 is 0 Å². The SMILES string of the molecule is CC.CCc1c(-c2ccccc2)c(C)nc2ccnn12. The van der Waals surface area contributed by atoms with Crippen molar-refractivity contribution in [1.82, 2.24) is 14.6 Å². The third-order valence-corrected chi connectivity index (χ3v) is 3.21. The molecule has 0 aliphatic rings. The predicted octanol–water partition coefficient (Wildman–Crippen LogP) is 4.29. The van der Waals surface area contributed by atoms with Crippen LogP contribution in [0, 0.1) is 6.92 Å². The molecule has 3 rings (SSSR count). The summed E-state index contributed by atoms with van der Waals surface area (Å²) in [5.41, 5.74) is 5.61. The minimum atomic E-state index is 0.920. The van der Waals surface area contributed by atoms with E-state index in [1.165, 1.54) is 16.8 Å². The minimum absolute atomic E-state index is 0.920. The van der Waals surface area contributed by atoms with E-state index in [4.69, 9.17) is 0 Å². The van der Waals surface area contributed by atoms with Gasteiger partial charge in [0.2, 0.25) is 0 Å². The zero-order valence-electron chi connectivity index (χ0n) is 12.6. The molecule has 2 aromatic heterocycles. The molecule has 3 aromatic rings. The third kappa shape index (κ3) is 2.44. The van der Waals surface area contributed by atoms with Gasteiger partial charge < -0.3 is 0 Å². The van der Waals surface area contributed by atoms with Crippen molar-refractivity contribution in [2.24, 2.45) is 0 Å². The van der Waals surface area contributed by atoms with Crippen molar-refractivity contribution in [3.8, 4) is 11.1 Å². The summed E-state index contributed by atoms with van der Waals surface area (Å²) in [4.78, 5) is 4.62. The molecule has 0 fully saturated rings. The maximum Gasteiger partial charge on any atom is 0.155 e. The smallest absolute Gasteiger partial charge is 0.155 e. The Morgan fingerprint density at radius 1 is 1.05 bits per heavy atom. The van der Waals surface area contributed by atoms with Crippen LogP contribution in [0.4, 0.5) is 0 Å². The second kappa shape index (κ2) is 6.33. The number of rotatable bonds is 2. The monoisotopic (exact) mass is 267 g/mol. The van der Waals surface area contributed by atoms with E-state index in [2.05, 4.69) is 48.2 Å². The summed E-state index contributed by atoms with van der Waals surface area (Å²) in [6.45, 7) is 8.22. The Kier molecular flexibility index (Phi) is 4.51. The molecule has 0 radical (unpaired) electrons. The highest BCUT2D eigenvalue weighted by molar-refractivity contribution is 5.70. The van der Waals surface area contributed by atoms with Crippen molar-refractivity contribution in [1.29, 1.82) is 0 Å². The molecule has 0 aliphatic carbocycles. The normalized spacial score (nSPS) is 10.2. The molecule has 0 aliphatic heterocycles. The Bertz CT molecular complexity index is 684. The number of benzene rings is 1. The Morgan fingerprint density at radius 3 is 2.40 bits per heavy atom. The predicted molar refractivity (Wildman–Crippen MR) is 83.9 cm³/mol. The molecule has 0 N–H and O–H groups in total. The lowest BCUT2D eigenvalue weighted by Gasteiger charge is -2.12. The standard InChI is InChI=1S/C15H15N3.C2H6/c1-3-13-15(12-7-5-4-6-8-12)11(2)17-14-9-10-16-18(13)14;1-2/h4-10H,3H2,1-2H3;1-2H3. The summed E-state index contributed by atoms with van der Waals surface area (Å²) < 4.78 is 1.94. The lowest BCUT2D eigenvalue weighted by Crippen LogP contribution is -2.05. The molecule has 0 saturated heterocycles. The number of fused-ring (bicyclic) bond motifs is 1. The first-order valence-electron chi connectivity index (χ1n) is 7.20. The van der Waals surface area contributed by atoms with Gasteiger partial charge in [-0.25, -0.2) is 9.50 Å². The van der Waals surface area contributed by atoms with Gasteiger partial charge in [-0.05, 0) is 18.9 Å². The van der Waals surface area contributed by atoms with Crippen LogP contribution in [-0.4, -0.2) is 14.6 Å². The highest BCUT2D eigenvalue weighted by Crippen LogP contribution is 2.27. The summed E-state index contributed by atoms with van der Waals surface area (Å²) in [5, 5.41) is 4.37. The molecule has 0 spiro atoms. The summed E-state index contributed by atoms with van der Waals surface area (Å²) in [6, 6.07) is 12.3.